The number of hydrogen-bond donors (Lipinski definition) is 1. The molecule has 0 aliphatic carbocycles. The molecule has 0 radical (unpaired) electrons. The highest BCUT2D eigenvalue weighted by Crippen LogP contribution is 2.22. The van der Waals surface area contributed by atoms with Gasteiger partial charge in [0, 0.05) is 31.5 Å². The Morgan fingerprint density at radius 2 is 1.95 bits per heavy atom. The van der Waals surface area contributed by atoms with E-state index in [1.54, 1.807) is 37.3 Å². The molecular weight excluding hydrogens is 250 g/mol. The molecule has 0 aliphatic heterocycles. The summed E-state index contributed by atoms with van der Waals surface area (Å²) in [5.74, 6) is 0.640. The summed E-state index contributed by atoms with van der Waals surface area (Å²) in [6.07, 6.45) is 1.63. The average molecular weight is 269 g/mol. The summed E-state index contributed by atoms with van der Waals surface area (Å²) >= 11 is 0. The van der Waals surface area contributed by atoms with Crippen LogP contribution in [0.25, 0.3) is 0 Å². The number of anilines is 2. The zero-order valence-electron chi connectivity index (χ0n) is 12.3. The first-order valence-corrected chi connectivity index (χ1v) is 6.52. The van der Waals surface area contributed by atoms with Crippen LogP contribution in [0.3, 0.4) is 0 Å². The summed E-state index contributed by atoms with van der Waals surface area (Å²) < 4.78 is 0. The van der Waals surface area contributed by atoms with Gasteiger partial charge in [0.15, 0.2) is 0 Å². The van der Waals surface area contributed by atoms with E-state index in [1.807, 2.05) is 26.0 Å². The second kappa shape index (κ2) is 5.74. The largest absolute Gasteiger partial charge is 0.373 e. The molecule has 0 saturated carbocycles. The molecule has 0 fully saturated rings. The zero-order chi connectivity index (χ0) is 14.7. The van der Waals surface area contributed by atoms with Crippen LogP contribution in [0.5, 0.6) is 0 Å². The number of nitrogens with one attached hydrogen (secondary N) is 1. The fourth-order valence-corrected chi connectivity index (χ4v) is 2.19. The molecule has 104 valence electrons. The Bertz CT molecular complexity index is 637. The van der Waals surface area contributed by atoms with Gasteiger partial charge in [-0.25, -0.2) is 4.98 Å². The Morgan fingerprint density at radius 1 is 1.20 bits per heavy atom. The lowest BCUT2D eigenvalue weighted by Crippen LogP contribution is -2.27. The molecule has 2 aromatic rings. The highest BCUT2D eigenvalue weighted by molar-refractivity contribution is 6.06. The molecule has 1 aromatic carbocycles. The predicted octanol–water partition coefficient (Wildman–Crippen LogP) is 3.02. The Labute approximate surface area is 119 Å². The number of pyridine rings is 1. The van der Waals surface area contributed by atoms with Gasteiger partial charge in [-0.1, -0.05) is 17.7 Å². The van der Waals surface area contributed by atoms with E-state index < -0.39 is 0 Å². The first-order chi connectivity index (χ1) is 9.52. The molecule has 1 aromatic heterocycles. The van der Waals surface area contributed by atoms with Crippen molar-refractivity contribution in [1.29, 1.82) is 0 Å². The molecule has 1 amide bonds. The Morgan fingerprint density at radius 3 is 2.60 bits per heavy atom. The molecule has 0 unspecified atom stereocenters. The lowest BCUT2D eigenvalue weighted by Gasteiger charge is -2.20. The van der Waals surface area contributed by atoms with E-state index in [-0.39, 0.29) is 5.91 Å². The normalized spacial score (nSPS) is 10.2. The maximum absolute atomic E-state index is 12.5. The van der Waals surface area contributed by atoms with Crippen LogP contribution in [-0.2, 0) is 0 Å². The molecule has 1 N–H and O–H groups in total. The van der Waals surface area contributed by atoms with E-state index in [4.69, 9.17) is 0 Å². The number of carbonyl (C=O) groups excluding carboxylic acids is 1. The van der Waals surface area contributed by atoms with Crippen molar-refractivity contribution in [2.75, 3.05) is 24.3 Å². The number of aryl methyl sites for hydroxylation is 2. The summed E-state index contributed by atoms with van der Waals surface area (Å²) in [6.45, 7) is 4.05. The van der Waals surface area contributed by atoms with E-state index >= 15 is 0 Å². The third-order valence-corrected chi connectivity index (χ3v) is 3.28. The summed E-state index contributed by atoms with van der Waals surface area (Å²) in [5, 5.41) is 2.94. The third kappa shape index (κ3) is 2.79. The number of nitrogens with zero attached hydrogens (tertiary/aromatic N) is 2. The maximum Gasteiger partial charge on any atom is 0.258 e. The molecule has 1 heterocycles. The number of hydrogen-bond acceptors (Lipinski definition) is 3. The van der Waals surface area contributed by atoms with Crippen molar-refractivity contribution in [2.24, 2.45) is 0 Å². The monoisotopic (exact) mass is 269 g/mol. The molecular formula is C16H19N3O. The van der Waals surface area contributed by atoms with Gasteiger partial charge in [0.25, 0.3) is 5.91 Å². The first kappa shape index (κ1) is 14.1. The SMILES string of the molecule is CNc1cc(C(=O)N(C)c2ccc(C)cc2C)ccn1. The van der Waals surface area contributed by atoms with Crippen molar-refractivity contribution < 1.29 is 4.79 Å². The molecule has 0 spiro atoms. The van der Waals surface area contributed by atoms with E-state index in [1.165, 1.54) is 5.56 Å². The molecule has 2 rings (SSSR count). The fourth-order valence-electron chi connectivity index (χ4n) is 2.19. The van der Waals surface area contributed by atoms with Crippen molar-refractivity contribution in [2.45, 2.75) is 13.8 Å². The average Bonchev–Trinajstić information content (AvgIpc) is 2.46. The quantitative estimate of drug-likeness (QED) is 0.931. The van der Waals surface area contributed by atoms with Crippen LogP contribution < -0.4 is 10.2 Å². The minimum absolute atomic E-state index is 0.0455. The van der Waals surface area contributed by atoms with Gasteiger partial charge in [0.2, 0.25) is 0 Å². The summed E-state index contributed by atoms with van der Waals surface area (Å²) in [4.78, 5) is 18.3. The minimum Gasteiger partial charge on any atom is -0.373 e. The van der Waals surface area contributed by atoms with Gasteiger partial charge in [-0.3, -0.25) is 4.79 Å². The van der Waals surface area contributed by atoms with Gasteiger partial charge in [-0.15, -0.1) is 0 Å². The number of amides is 1. The summed E-state index contributed by atoms with van der Waals surface area (Å²) in [6, 6.07) is 9.54. The van der Waals surface area contributed by atoms with Crippen LogP contribution in [0, 0.1) is 13.8 Å². The van der Waals surface area contributed by atoms with Gasteiger partial charge in [0.1, 0.15) is 5.82 Å². The fraction of sp³-hybridized carbons (Fsp3) is 0.250. The van der Waals surface area contributed by atoms with Gasteiger partial charge in [-0.2, -0.15) is 0 Å². The van der Waals surface area contributed by atoms with Crippen molar-refractivity contribution in [1.82, 2.24) is 4.98 Å². The minimum atomic E-state index is -0.0455. The van der Waals surface area contributed by atoms with Crippen LogP contribution in [0.4, 0.5) is 11.5 Å². The lowest BCUT2D eigenvalue weighted by molar-refractivity contribution is 0.0993. The molecule has 4 nitrogen and oxygen atoms in total. The van der Waals surface area contributed by atoms with Gasteiger partial charge >= 0.3 is 0 Å². The second-order valence-electron chi connectivity index (χ2n) is 4.83. The van der Waals surface area contributed by atoms with E-state index in [0.717, 1.165) is 11.3 Å². The van der Waals surface area contributed by atoms with Crippen molar-refractivity contribution in [3.63, 3.8) is 0 Å². The lowest BCUT2D eigenvalue weighted by atomic mass is 10.1. The van der Waals surface area contributed by atoms with Crippen LogP contribution in [0.2, 0.25) is 0 Å². The number of carbonyl (C=O) groups is 1. The standard InChI is InChI=1S/C16H19N3O/c1-11-5-6-14(12(2)9-11)19(4)16(20)13-7-8-18-15(10-13)17-3/h5-10H,1-4H3,(H,17,18). The summed E-state index contributed by atoms with van der Waals surface area (Å²) in [5.41, 5.74) is 3.81. The topological polar surface area (TPSA) is 45.2 Å². The second-order valence-corrected chi connectivity index (χ2v) is 4.83. The third-order valence-electron chi connectivity index (χ3n) is 3.28. The van der Waals surface area contributed by atoms with Crippen molar-refractivity contribution >= 4 is 17.4 Å². The highest BCUT2D eigenvalue weighted by atomic mass is 16.2. The molecule has 0 saturated heterocycles. The van der Waals surface area contributed by atoms with E-state index in [2.05, 4.69) is 16.4 Å². The van der Waals surface area contributed by atoms with Gasteiger partial charge in [0.05, 0.1) is 0 Å². The van der Waals surface area contributed by atoms with Crippen LogP contribution in [0.15, 0.2) is 36.5 Å². The predicted molar refractivity (Wildman–Crippen MR) is 82.4 cm³/mol. The number of aromatic nitrogens is 1. The van der Waals surface area contributed by atoms with Crippen molar-refractivity contribution in [3.8, 4) is 0 Å². The number of rotatable bonds is 3. The van der Waals surface area contributed by atoms with Crippen LogP contribution in [0.1, 0.15) is 21.5 Å². The molecule has 0 aliphatic rings. The molecule has 0 bridgehead atoms. The van der Waals surface area contributed by atoms with Crippen LogP contribution >= 0.6 is 0 Å². The highest BCUT2D eigenvalue weighted by Gasteiger charge is 2.15. The van der Waals surface area contributed by atoms with Gasteiger partial charge in [-0.05, 0) is 37.6 Å². The first-order valence-electron chi connectivity index (χ1n) is 6.52. The number of benzene rings is 1. The van der Waals surface area contributed by atoms with Crippen LogP contribution in [-0.4, -0.2) is 25.0 Å². The Kier molecular flexibility index (Phi) is 4.03. The van der Waals surface area contributed by atoms with Crippen molar-refractivity contribution in [3.05, 3.63) is 53.2 Å². The van der Waals surface area contributed by atoms with E-state index in [0.29, 0.717) is 11.4 Å². The maximum atomic E-state index is 12.5. The molecule has 4 heteroatoms. The van der Waals surface area contributed by atoms with E-state index in [9.17, 15) is 4.79 Å². The smallest absolute Gasteiger partial charge is 0.258 e. The zero-order valence-corrected chi connectivity index (χ0v) is 12.3. The Balaban J connectivity index is 2.32. The molecule has 20 heavy (non-hydrogen) atoms. The molecule has 0 atom stereocenters. The Hall–Kier alpha value is -2.36. The summed E-state index contributed by atoms with van der Waals surface area (Å²) in [7, 11) is 3.57. The van der Waals surface area contributed by atoms with Gasteiger partial charge < -0.3 is 10.2 Å².